The summed E-state index contributed by atoms with van der Waals surface area (Å²) in [6, 6.07) is 7.58. The predicted molar refractivity (Wildman–Crippen MR) is 106 cm³/mol. The molecule has 0 spiro atoms. The number of hydrogen-bond donors (Lipinski definition) is 4. The van der Waals surface area contributed by atoms with E-state index >= 15 is 0 Å². The minimum atomic E-state index is -0.491. The first-order valence-corrected chi connectivity index (χ1v) is 9.40. The van der Waals surface area contributed by atoms with Crippen LogP contribution in [0.1, 0.15) is 38.2 Å². The van der Waals surface area contributed by atoms with E-state index in [-0.39, 0.29) is 11.8 Å². The number of primary amides is 1. The monoisotopic (exact) mass is 377 g/mol. The van der Waals surface area contributed by atoms with Crippen LogP contribution < -0.4 is 21.9 Å². The maximum absolute atomic E-state index is 12.2. The zero-order valence-corrected chi connectivity index (χ0v) is 15.9. The van der Waals surface area contributed by atoms with Crippen LogP contribution in [-0.2, 0) is 11.2 Å². The summed E-state index contributed by atoms with van der Waals surface area (Å²) in [4.78, 5) is 25.0. The number of carbonyl (C=O) groups excluding carboxylic acids is 2. The highest BCUT2D eigenvalue weighted by molar-refractivity contribution is 7.80. The minimum Gasteiger partial charge on any atom is -0.351 e. The Hall–Kier alpha value is -2.35. The molecule has 8 heteroatoms. The lowest BCUT2D eigenvalue weighted by atomic mass is 9.98. The van der Waals surface area contributed by atoms with Crippen LogP contribution in [-0.4, -0.2) is 35.0 Å². The van der Waals surface area contributed by atoms with Gasteiger partial charge in [0.1, 0.15) is 0 Å². The van der Waals surface area contributed by atoms with Crippen molar-refractivity contribution >= 4 is 35.0 Å². The molecule has 1 aliphatic rings. The van der Waals surface area contributed by atoms with Gasteiger partial charge in [-0.1, -0.05) is 25.5 Å². The van der Waals surface area contributed by atoms with Crippen molar-refractivity contribution in [3.63, 3.8) is 0 Å². The molecule has 0 saturated carbocycles. The molecule has 1 fully saturated rings. The molecule has 1 heterocycles. The number of unbranched alkanes of at least 4 members (excludes halogenated alkanes) is 1. The molecular formula is C18H27N5O2S. The molecule has 0 radical (unpaired) electrons. The Kier molecular flexibility index (Phi) is 7.65. The number of nitrogens with zero attached hydrogens (tertiary/aromatic N) is 1. The number of likely N-dealkylation sites (tertiary alicyclic amines) is 1. The van der Waals surface area contributed by atoms with Gasteiger partial charge in [0.2, 0.25) is 5.91 Å². The summed E-state index contributed by atoms with van der Waals surface area (Å²) in [5, 5.41) is 3.34. The van der Waals surface area contributed by atoms with Gasteiger partial charge in [-0.2, -0.15) is 0 Å². The van der Waals surface area contributed by atoms with Crippen LogP contribution in [0.3, 0.4) is 0 Å². The Labute approximate surface area is 159 Å². The molecule has 1 saturated heterocycles. The van der Waals surface area contributed by atoms with Gasteiger partial charge in [-0.25, -0.2) is 4.79 Å². The molecule has 2 rings (SSSR count). The third kappa shape index (κ3) is 6.18. The lowest BCUT2D eigenvalue weighted by Gasteiger charge is -2.30. The molecule has 1 aromatic rings. The van der Waals surface area contributed by atoms with Crippen LogP contribution in [0.15, 0.2) is 24.3 Å². The van der Waals surface area contributed by atoms with E-state index in [4.69, 9.17) is 18.0 Å². The van der Waals surface area contributed by atoms with Crippen molar-refractivity contribution in [3.8, 4) is 0 Å². The topological polar surface area (TPSA) is 99.5 Å². The summed E-state index contributed by atoms with van der Waals surface area (Å²) in [6.07, 6.45) is 4.89. The van der Waals surface area contributed by atoms with E-state index in [1.807, 2.05) is 12.1 Å². The van der Waals surface area contributed by atoms with E-state index < -0.39 is 6.03 Å². The van der Waals surface area contributed by atoms with Crippen molar-refractivity contribution in [2.75, 3.05) is 18.4 Å². The average molecular weight is 378 g/mol. The van der Waals surface area contributed by atoms with Crippen LogP contribution in [0.5, 0.6) is 0 Å². The standard InChI is InChI=1S/C18H27N5O2S/c1-2-3-5-13-7-9-15(10-8-13)20-18(26)22-21-16(24)14-6-4-11-23(12-14)17(19)25/h7-10,14H,2-6,11-12H2,1H3,(H2,19,25)(H,21,24)(H2,20,22,26)/t14-/m0/s1. The number of hydrazine groups is 1. The summed E-state index contributed by atoms with van der Waals surface area (Å²) in [6.45, 7) is 3.11. The maximum atomic E-state index is 12.2. The van der Waals surface area contributed by atoms with Crippen molar-refractivity contribution in [2.45, 2.75) is 39.0 Å². The van der Waals surface area contributed by atoms with Crippen molar-refractivity contribution in [1.29, 1.82) is 0 Å². The Balaban J connectivity index is 1.75. The van der Waals surface area contributed by atoms with Gasteiger partial charge in [0.05, 0.1) is 5.92 Å². The number of thiocarbonyl (C=S) groups is 1. The second-order valence-corrected chi connectivity index (χ2v) is 6.90. The SMILES string of the molecule is CCCCc1ccc(NC(=S)NNC(=O)[C@H]2CCCN(C(N)=O)C2)cc1. The largest absolute Gasteiger partial charge is 0.351 e. The van der Waals surface area contributed by atoms with E-state index in [9.17, 15) is 9.59 Å². The number of aryl methyl sites for hydroxylation is 1. The molecule has 7 nitrogen and oxygen atoms in total. The Morgan fingerprint density at radius 1 is 1.27 bits per heavy atom. The predicted octanol–water partition coefficient (Wildman–Crippen LogP) is 2.14. The number of piperidine rings is 1. The molecule has 0 aromatic heterocycles. The molecule has 5 N–H and O–H groups in total. The zero-order chi connectivity index (χ0) is 18.9. The Morgan fingerprint density at radius 2 is 2.00 bits per heavy atom. The first-order chi connectivity index (χ1) is 12.5. The van der Waals surface area contributed by atoms with Gasteiger partial charge < -0.3 is 16.0 Å². The van der Waals surface area contributed by atoms with Crippen molar-refractivity contribution in [2.24, 2.45) is 11.7 Å². The number of urea groups is 1. The number of rotatable bonds is 5. The molecular weight excluding hydrogens is 350 g/mol. The van der Waals surface area contributed by atoms with Gasteiger partial charge in [-0.3, -0.25) is 15.6 Å². The van der Waals surface area contributed by atoms with Crippen LogP contribution in [0.4, 0.5) is 10.5 Å². The summed E-state index contributed by atoms with van der Waals surface area (Å²) >= 11 is 5.20. The van der Waals surface area contributed by atoms with Gasteiger partial charge in [0, 0.05) is 18.8 Å². The summed E-state index contributed by atoms with van der Waals surface area (Å²) in [5.74, 6) is -0.487. The number of anilines is 1. The number of hydrogen-bond acceptors (Lipinski definition) is 3. The van der Waals surface area contributed by atoms with E-state index in [1.54, 1.807) is 0 Å². The average Bonchev–Trinajstić information content (AvgIpc) is 2.65. The Bertz CT molecular complexity index is 635. The fourth-order valence-corrected chi connectivity index (χ4v) is 3.08. The highest BCUT2D eigenvalue weighted by Gasteiger charge is 2.27. The van der Waals surface area contributed by atoms with Crippen molar-refractivity contribution < 1.29 is 9.59 Å². The van der Waals surface area contributed by atoms with Crippen molar-refractivity contribution in [1.82, 2.24) is 15.8 Å². The highest BCUT2D eigenvalue weighted by Crippen LogP contribution is 2.16. The fraction of sp³-hybridized carbons (Fsp3) is 0.500. The number of benzene rings is 1. The lowest BCUT2D eigenvalue weighted by molar-refractivity contribution is -0.126. The summed E-state index contributed by atoms with van der Waals surface area (Å²) in [5.41, 5.74) is 12.7. The minimum absolute atomic E-state index is 0.199. The van der Waals surface area contributed by atoms with Crippen LogP contribution in [0.25, 0.3) is 0 Å². The van der Waals surface area contributed by atoms with Crippen molar-refractivity contribution in [3.05, 3.63) is 29.8 Å². The molecule has 1 aromatic carbocycles. The number of amides is 3. The normalized spacial score (nSPS) is 16.7. The lowest BCUT2D eigenvalue weighted by Crippen LogP contribution is -2.51. The zero-order valence-electron chi connectivity index (χ0n) is 15.1. The van der Waals surface area contributed by atoms with Gasteiger partial charge in [-0.05, 0) is 55.6 Å². The summed E-state index contributed by atoms with van der Waals surface area (Å²) < 4.78 is 0. The van der Waals surface area contributed by atoms with Gasteiger partial charge in [-0.15, -0.1) is 0 Å². The number of carbonyl (C=O) groups is 2. The molecule has 0 aliphatic carbocycles. The smallest absolute Gasteiger partial charge is 0.314 e. The Morgan fingerprint density at radius 3 is 2.65 bits per heavy atom. The second-order valence-electron chi connectivity index (χ2n) is 6.49. The van der Waals surface area contributed by atoms with Crippen LogP contribution in [0.2, 0.25) is 0 Å². The van der Waals surface area contributed by atoms with Crippen LogP contribution >= 0.6 is 12.2 Å². The van der Waals surface area contributed by atoms with E-state index in [2.05, 4.69) is 35.2 Å². The van der Waals surface area contributed by atoms with E-state index in [0.717, 1.165) is 24.9 Å². The first-order valence-electron chi connectivity index (χ1n) is 8.99. The quantitative estimate of drug-likeness (QED) is 0.465. The molecule has 142 valence electrons. The third-order valence-electron chi connectivity index (χ3n) is 4.43. The van der Waals surface area contributed by atoms with E-state index in [1.165, 1.54) is 23.3 Å². The molecule has 3 amide bonds. The van der Waals surface area contributed by atoms with Crippen LogP contribution in [0, 0.1) is 5.92 Å². The number of nitrogens with two attached hydrogens (primary N) is 1. The number of nitrogens with one attached hydrogen (secondary N) is 3. The molecule has 1 aliphatic heterocycles. The maximum Gasteiger partial charge on any atom is 0.314 e. The fourth-order valence-electron chi connectivity index (χ4n) is 2.91. The molecule has 0 unspecified atom stereocenters. The van der Waals surface area contributed by atoms with E-state index in [0.29, 0.717) is 18.2 Å². The molecule has 26 heavy (non-hydrogen) atoms. The summed E-state index contributed by atoms with van der Waals surface area (Å²) in [7, 11) is 0. The molecule has 0 bridgehead atoms. The van der Waals surface area contributed by atoms with Gasteiger partial charge in [0.15, 0.2) is 5.11 Å². The molecule has 1 atom stereocenters. The first kappa shape index (κ1) is 20.0. The second kappa shape index (κ2) is 9.96. The third-order valence-corrected chi connectivity index (χ3v) is 4.64. The van der Waals surface area contributed by atoms with Gasteiger partial charge in [0.25, 0.3) is 0 Å². The highest BCUT2D eigenvalue weighted by atomic mass is 32.1. The van der Waals surface area contributed by atoms with Gasteiger partial charge >= 0.3 is 6.03 Å².